The van der Waals surface area contributed by atoms with Gasteiger partial charge in [0.25, 0.3) is 5.91 Å². The van der Waals surface area contributed by atoms with Crippen molar-refractivity contribution in [1.82, 2.24) is 10.3 Å². The fraction of sp³-hybridized carbons (Fsp3) is 0.250. The summed E-state index contributed by atoms with van der Waals surface area (Å²) in [5.74, 6) is 0.247. The summed E-state index contributed by atoms with van der Waals surface area (Å²) in [5, 5.41) is 15.3. The number of aromatic nitrogens is 1. The van der Waals surface area contributed by atoms with Crippen LogP contribution in [-0.2, 0) is 13.0 Å². The van der Waals surface area contributed by atoms with Crippen LogP contribution < -0.4 is 10.6 Å². The fourth-order valence-corrected chi connectivity index (χ4v) is 2.75. The lowest BCUT2D eigenvalue weighted by Crippen LogP contribution is -2.28. The molecule has 1 aromatic heterocycles. The molecule has 1 heterocycles. The maximum atomic E-state index is 12.4. The van der Waals surface area contributed by atoms with Crippen molar-refractivity contribution in [1.29, 1.82) is 0 Å². The van der Waals surface area contributed by atoms with Gasteiger partial charge in [-0.25, -0.2) is 4.98 Å². The highest BCUT2D eigenvalue weighted by molar-refractivity contribution is 14.1. The predicted octanol–water partition coefficient (Wildman–Crippen LogP) is 2.19. The first-order valence-electron chi connectivity index (χ1n) is 6.95. The first-order chi connectivity index (χ1) is 10.7. The molecule has 1 aromatic carbocycles. The summed E-state index contributed by atoms with van der Waals surface area (Å²) in [6.45, 7) is 0.333. The van der Waals surface area contributed by atoms with E-state index >= 15 is 0 Å². The highest BCUT2D eigenvalue weighted by Crippen LogP contribution is 2.22. The van der Waals surface area contributed by atoms with Gasteiger partial charge in [0.15, 0.2) is 0 Å². The second-order valence-corrected chi connectivity index (χ2v) is 5.87. The van der Waals surface area contributed by atoms with Crippen LogP contribution in [0.3, 0.4) is 0 Å². The van der Waals surface area contributed by atoms with E-state index in [1.165, 1.54) is 5.56 Å². The quantitative estimate of drug-likeness (QED) is 0.638. The zero-order valence-electron chi connectivity index (χ0n) is 12.3. The molecule has 6 heteroatoms. The van der Waals surface area contributed by atoms with E-state index < -0.39 is 0 Å². The average Bonchev–Trinajstić information content (AvgIpc) is 2.55. The van der Waals surface area contributed by atoms with Crippen molar-refractivity contribution in [3.05, 3.63) is 56.8 Å². The SMILES string of the molecule is CNc1ncc(I)c(CO)c1C(=O)NCCc1ccccc1. The molecule has 0 saturated carbocycles. The van der Waals surface area contributed by atoms with Crippen molar-refractivity contribution < 1.29 is 9.90 Å². The number of pyridine rings is 1. The average molecular weight is 411 g/mol. The van der Waals surface area contributed by atoms with E-state index in [-0.39, 0.29) is 12.5 Å². The van der Waals surface area contributed by atoms with Crippen molar-refractivity contribution in [2.24, 2.45) is 0 Å². The van der Waals surface area contributed by atoms with E-state index in [1.807, 2.05) is 30.3 Å². The Kier molecular flexibility index (Phi) is 6.14. The van der Waals surface area contributed by atoms with E-state index in [0.29, 0.717) is 23.5 Å². The number of nitrogens with zero attached hydrogens (tertiary/aromatic N) is 1. The molecule has 0 aliphatic heterocycles. The molecule has 5 nitrogen and oxygen atoms in total. The van der Waals surface area contributed by atoms with Gasteiger partial charge in [-0.3, -0.25) is 4.79 Å². The summed E-state index contributed by atoms with van der Waals surface area (Å²) in [6, 6.07) is 9.97. The van der Waals surface area contributed by atoms with E-state index in [0.717, 1.165) is 9.99 Å². The summed E-state index contributed by atoms with van der Waals surface area (Å²) in [4.78, 5) is 16.6. The third-order valence-electron chi connectivity index (χ3n) is 3.30. The van der Waals surface area contributed by atoms with Gasteiger partial charge in [-0.1, -0.05) is 30.3 Å². The molecular formula is C16H18IN3O2. The number of benzene rings is 1. The van der Waals surface area contributed by atoms with Crippen LogP contribution in [0.15, 0.2) is 36.5 Å². The van der Waals surface area contributed by atoms with E-state index in [9.17, 15) is 9.90 Å². The molecule has 0 aliphatic rings. The molecule has 22 heavy (non-hydrogen) atoms. The number of nitrogens with one attached hydrogen (secondary N) is 2. The fourth-order valence-electron chi connectivity index (χ4n) is 2.17. The van der Waals surface area contributed by atoms with Crippen molar-refractivity contribution in [2.45, 2.75) is 13.0 Å². The van der Waals surface area contributed by atoms with Crippen LogP contribution >= 0.6 is 22.6 Å². The van der Waals surface area contributed by atoms with Gasteiger partial charge < -0.3 is 15.7 Å². The highest BCUT2D eigenvalue weighted by atomic mass is 127. The summed E-state index contributed by atoms with van der Waals surface area (Å²) >= 11 is 2.07. The number of anilines is 1. The van der Waals surface area contributed by atoms with Crippen LogP contribution in [0.4, 0.5) is 5.82 Å². The van der Waals surface area contributed by atoms with Gasteiger partial charge >= 0.3 is 0 Å². The third kappa shape index (κ3) is 3.95. The summed E-state index contributed by atoms with van der Waals surface area (Å²) < 4.78 is 0.771. The Labute approximate surface area is 143 Å². The van der Waals surface area contributed by atoms with Gasteiger partial charge in [-0.2, -0.15) is 0 Å². The van der Waals surface area contributed by atoms with Crippen molar-refractivity contribution in [3.8, 4) is 0 Å². The number of carbonyl (C=O) groups is 1. The summed E-state index contributed by atoms with van der Waals surface area (Å²) in [7, 11) is 1.71. The molecule has 116 valence electrons. The van der Waals surface area contributed by atoms with Gasteiger partial charge in [-0.15, -0.1) is 0 Å². The minimum atomic E-state index is -0.227. The molecule has 1 amide bonds. The van der Waals surface area contributed by atoms with E-state index in [1.54, 1.807) is 13.2 Å². The van der Waals surface area contributed by atoms with Crippen LogP contribution in [0, 0.1) is 3.57 Å². The second-order valence-electron chi connectivity index (χ2n) is 4.71. The molecule has 2 aromatic rings. The van der Waals surface area contributed by atoms with Crippen molar-refractivity contribution in [3.63, 3.8) is 0 Å². The normalized spacial score (nSPS) is 10.3. The summed E-state index contributed by atoms with van der Waals surface area (Å²) in [5.41, 5.74) is 2.17. The topological polar surface area (TPSA) is 74.2 Å². The Morgan fingerprint density at radius 3 is 2.68 bits per heavy atom. The maximum absolute atomic E-state index is 12.4. The molecule has 3 N–H and O–H groups in total. The number of rotatable bonds is 6. The Hall–Kier alpha value is -1.67. The molecule has 0 bridgehead atoms. The third-order valence-corrected chi connectivity index (χ3v) is 4.23. The molecule has 0 radical (unpaired) electrons. The second kappa shape index (κ2) is 8.09. The number of hydrogen-bond acceptors (Lipinski definition) is 4. The maximum Gasteiger partial charge on any atom is 0.255 e. The van der Waals surface area contributed by atoms with Gasteiger partial charge in [-0.05, 0) is 34.6 Å². The molecule has 0 fully saturated rings. The molecule has 0 spiro atoms. The number of hydrogen-bond donors (Lipinski definition) is 3. The Bertz CT molecular complexity index is 647. The van der Waals surface area contributed by atoms with E-state index in [2.05, 4.69) is 38.2 Å². The molecule has 0 aliphatic carbocycles. The van der Waals surface area contributed by atoms with Gasteiger partial charge in [0.1, 0.15) is 5.82 Å². The number of aliphatic hydroxyl groups excluding tert-OH is 1. The van der Waals surface area contributed by atoms with E-state index in [4.69, 9.17) is 0 Å². The summed E-state index contributed by atoms with van der Waals surface area (Å²) in [6.07, 6.45) is 2.39. The minimum absolute atomic E-state index is 0.198. The van der Waals surface area contributed by atoms with Gasteiger partial charge in [0, 0.05) is 28.9 Å². The number of carbonyl (C=O) groups excluding carboxylic acids is 1. The monoisotopic (exact) mass is 411 g/mol. The molecule has 0 unspecified atom stereocenters. The largest absolute Gasteiger partial charge is 0.392 e. The molecule has 2 rings (SSSR count). The van der Waals surface area contributed by atoms with Crippen LogP contribution in [0.5, 0.6) is 0 Å². The lowest BCUT2D eigenvalue weighted by molar-refractivity contribution is 0.0951. The zero-order chi connectivity index (χ0) is 15.9. The zero-order valence-corrected chi connectivity index (χ0v) is 14.4. The van der Waals surface area contributed by atoms with Crippen LogP contribution in [0.1, 0.15) is 21.5 Å². The lowest BCUT2D eigenvalue weighted by atomic mass is 10.1. The first kappa shape index (κ1) is 16.7. The molecular weight excluding hydrogens is 393 g/mol. The number of aliphatic hydroxyl groups is 1. The van der Waals surface area contributed by atoms with Gasteiger partial charge in [0.05, 0.1) is 12.2 Å². The standard InChI is InChI=1S/C16H18IN3O2/c1-18-15-14(12(10-21)13(17)9-20-15)16(22)19-8-7-11-5-3-2-4-6-11/h2-6,9,21H,7-8,10H2,1H3,(H,18,20)(H,19,22). The minimum Gasteiger partial charge on any atom is -0.392 e. The smallest absolute Gasteiger partial charge is 0.255 e. The van der Waals surface area contributed by atoms with Crippen molar-refractivity contribution in [2.75, 3.05) is 18.9 Å². The van der Waals surface area contributed by atoms with Crippen LogP contribution in [0.2, 0.25) is 0 Å². The first-order valence-corrected chi connectivity index (χ1v) is 8.03. The van der Waals surface area contributed by atoms with Gasteiger partial charge in [0.2, 0.25) is 0 Å². The van der Waals surface area contributed by atoms with Crippen LogP contribution in [0.25, 0.3) is 0 Å². The molecule has 0 saturated heterocycles. The Balaban J connectivity index is 2.10. The van der Waals surface area contributed by atoms with Crippen LogP contribution in [-0.4, -0.2) is 29.6 Å². The lowest BCUT2D eigenvalue weighted by Gasteiger charge is -2.14. The number of amides is 1. The number of halogens is 1. The highest BCUT2D eigenvalue weighted by Gasteiger charge is 2.19. The molecule has 0 atom stereocenters. The van der Waals surface area contributed by atoms with Crippen molar-refractivity contribution >= 4 is 34.3 Å². The predicted molar refractivity (Wildman–Crippen MR) is 94.9 cm³/mol. The Morgan fingerprint density at radius 2 is 2.05 bits per heavy atom. The Morgan fingerprint density at radius 1 is 1.32 bits per heavy atom.